The van der Waals surface area contributed by atoms with Crippen molar-refractivity contribution in [1.82, 2.24) is 5.16 Å². The Hall–Kier alpha value is -3.99. The average molecular weight is 517 g/mol. The molecule has 37 heavy (non-hydrogen) atoms. The molecule has 4 aromatic rings. The molecule has 2 atom stereocenters. The van der Waals surface area contributed by atoms with Crippen molar-refractivity contribution in [2.45, 2.75) is 38.4 Å². The number of halogens is 2. The van der Waals surface area contributed by atoms with E-state index in [0.717, 1.165) is 5.56 Å². The number of carbonyl (C=O) groups is 1. The number of ether oxygens (including phenoxy) is 1. The Morgan fingerprint density at radius 3 is 2.54 bits per heavy atom. The molecule has 1 saturated heterocycles. The Kier molecular flexibility index (Phi) is 6.10. The average Bonchev–Trinajstić information content (AvgIpc) is 2.84. The number of nitrogens with zero attached hydrogens (tertiary/aromatic N) is 1. The standard InChI is InChI=1S/C29H22ClFN2O4/c1-17-7-9-19(10-8-17)13-14-29(16-28(3,37-29)25-23(30)5-4-6-24(25)31)27(35)32-20-11-12-21-22(15-20)18(2)33-36-26(21)34/h4-12,15H,16H2,1-3H3,(H,32,35). The molecule has 1 aliphatic heterocycles. The second kappa shape index (κ2) is 9.15. The highest BCUT2D eigenvalue weighted by molar-refractivity contribution is 6.31. The summed E-state index contributed by atoms with van der Waals surface area (Å²) in [5.41, 5.74) is -0.414. The highest BCUT2D eigenvalue weighted by Crippen LogP contribution is 2.51. The van der Waals surface area contributed by atoms with Gasteiger partial charge in [0.25, 0.3) is 5.91 Å². The molecule has 5 rings (SSSR count). The van der Waals surface area contributed by atoms with Crippen LogP contribution in [-0.4, -0.2) is 16.7 Å². The maximum Gasteiger partial charge on any atom is 0.366 e. The first-order chi connectivity index (χ1) is 17.6. The summed E-state index contributed by atoms with van der Waals surface area (Å²) in [7, 11) is 0. The number of rotatable bonds is 3. The molecule has 3 aromatic carbocycles. The lowest BCUT2D eigenvalue weighted by atomic mass is 9.75. The molecule has 0 saturated carbocycles. The first-order valence-electron chi connectivity index (χ1n) is 11.6. The van der Waals surface area contributed by atoms with Crippen LogP contribution < -0.4 is 10.9 Å². The van der Waals surface area contributed by atoms with Crippen molar-refractivity contribution in [2.75, 3.05) is 5.32 Å². The molecule has 1 fully saturated rings. The van der Waals surface area contributed by atoms with E-state index in [4.69, 9.17) is 20.9 Å². The number of fused-ring (bicyclic) bond motifs is 1. The summed E-state index contributed by atoms with van der Waals surface area (Å²) in [6, 6.07) is 16.7. The lowest BCUT2D eigenvalue weighted by molar-refractivity contribution is -0.234. The predicted octanol–water partition coefficient (Wildman–Crippen LogP) is 5.66. The van der Waals surface area contributed by atoms with Crippen LogP contribution in [0.25, 0.3) is 10.8 Å². The molecule has 1 aliphatic rings. The van der Waals surface area contributed by atoms with Gasteiger partial charge in [0.1, 0.15) is 11.4 Å². The molecule has 1 amide bonds. The van der Waals surface area contributed by atoms with Crippen LogP contribution in [0.15, 0.2) is 70.0 Å². The lowest BCUT2D eigenvalue weighted by Crippen LogP contribution is -2.62. The second-order valence-corrected chi connectivity index (χ2v) is 9.73. The predicted molar refractivity (Wildman–Crippen MR) is 139 cm³/mol. The number of hydrogen-bond donors (Lipinski definition) is 1. The highest BCUT2D eigenvalue weighted by atomic mass is 35.5. The zero-order chi connectivity index (χ0) is 26.4. The van der Waals surface area contributed by atoms with E-state index in [1.807, 2.05) is 31.2 Å². The largest absolute Gasteiger partial charge is 0.366 e. The smallest absolute Gasteiger partial charge is 0.342 e. The van der Waals surface area contributed by atoms with Gasteiger partial charge in [-0.1, -0.05) is 52.4 Å². The van der Waals surface area contributed by atoms with Gasteiger partial charge in [0, 0.05) is 33.6 Å². The Labute approximate surface area is 217 Å². The first-order valence-corrected chi connectivity index (χ1v) is 11.9. The van der Waals surface area contributed by atoms with Crippen molar-refractivity contribution in [3.8, 4) is 11.8 Å². The topological polar surface area (TPSA) is 81.4 Å². The van der Waals surface area contributed by atoms with Gasteiger partial charge in [-0.2, -0.15) is 0 Å². The van der Waals surface area contributed by atoms with Crippen molar-refractivity contribution in [1.29, 1.82) is 0 Å². The van der Waals surface area contributed by atoms with E-state index in [0.29, 0.717) is 27.7 Å². The van der Waals surface area contributed by atoms with Crippen LogP contribution in [0.5, 0.6) is 0 Å². The van der Waals surface area contributed by atoms with Crippen LogP contribution in [0.4, 0.5) is 10.1 Å². The number of anilines is 1. The maximum atomic E-state index is 14.7. The van der Waals surface area contributed by atoms with Crippen LogP contribution in [-0.2, 0) is 15.1 Å². The van der Waals surface area contributed by atoms with Crippen molar-refractivity contribution in [3.05, 3.63) is 104 Å². The van der Waals surface area contributed by atoms with Crippen molar-refractivity contribution < 1.29 is 18.4 Å². The molecule has 1 aromatic heterocycles. The summed E-state index contributed by atoms with van der Waals surface area (Å²) in [6.07, 6.45) is 0.0725. The van der Waals surface area contributed by atoms with E-state index in [1.54, 1.807) is 38.1 Å². The Morgan fingerprint density at radius 2 is 1.84 bits per heavy atom. The molecular weight excluding hydrogens is 495 g/mol. The first kappa shape index (κ1) is 24.7. The van der Waals surface area contributed by atoms with E-state index < -0.39 is 28.6 Å². The molecule has 0 aliphatic carbocycles. The van der Waals surface area contributed by atoms with Gasteiger partial charge in [0.15, 0.2) is 0 Å². The zero-order valence-corrected chi connectivity index (χ0v) is 21.1. The molecule has 0 bridgehead atoms. The molecule has 186 valence electrons. The van der Waals surface area contributed by atoms with E-state index >= 15 is 0 Å². The van der Waals surface area contributed by atoms with E-state index in [1.165, 1.54) is 12.1 Å². The van der Waals surface area contributed by atoms with Gasteiger partial charge in [-0.15, -0.1) is 0 Å². The van der Waals surface area contributed by atoms with Crippen LogP contribution in [0.3, 0.4) is 0 Å². The van der Waals surface area contributed by atoms with Crippen LogP contribution in [0, 0.1) is 31.5 Å². The van der Waals surface area contributed by atoms with Gasteiger partial charge in [0.05, 0.1) is 11.1 Å². The fourth-order valence-corrected chi connectivity index (χ4v) is 4.96. The third kappa shape index (κ3) is 4.50. The van der Waals surface area contributed by atoms with Gasteiger partial charge in [-0.25, -0.2) is 9.18 Å². The summed E-state index contributed by atoms with van der Waals surface area (Å²) in [5.74, 6) is 4.96. The molecule has 0 spiro atoms. The van der Waals surface area contributed by atoms with Gasteiger partial charge >= 0.3 is 5.63 Å². The normalized spacial score (nSPS) is 20.6. The van der Waals surface area contributed by atoms with Gasteiger partial charge in [0.2, 0.25) is 5.60 Å². The number of amides is 1. The van der Waals surface area contributed by atoms with E-state index in [2.05, 4.69) is 22.3 Å². The number of benzene rings is 3. The fraction of sp³-hybridized carbons (Fsp3) is 0.207. The summed E-state index contributed by atoms with van der Waals surface area (Å²) in [4.78, 5) is 25.6. The van der Waals surface area contributed by atoms with Crippen molar-refractivity contribution in [2.24, 2.45) is 0 Å². The summed E-state index contributed by atoms with van der Waals surface area (Å²) in [6.45, 7) is 5.35. The Bertz CT molecular complexity index is 1640. The Morgan fingerprint density at radius 1 is 1.11 bits per heavy atom. The monoisotopic (exact) mass is 516 g/mol. The molecule has 8 heteroatoms. The third-order valence-corrected chi connectivity index (χ3v) is 6.77. The van der Waals surface area contributed by atoms with Crippen molar-refractivity contribution in [3.63, 3.8) is 0 Å². The van der Waals surface area contributed by atoms with Crippen LogP contribution in [0.1, 0.15) is 35.7 Å². The molecule has 6 nitrogen and oxygen atoms in total. The number of aryl methyl sites for hydroxylation is 2. The van der Waals surface area contributed by atoms with Crippen LogP contribution in [0.2, 0.25) is 5.02 Å². The molecule has 1 N–H and O–H groups in total. The fourth-order valence-electron chi connectivity index (χ4n) is 4.60. The molecular formula is C29H22ClFN2O4. The van der Waals surface area contributed by atoms with Gasteiger partial charge in [-0.05, 0) is 63.2 Å². The summed E-state index contributed by atoms with van der Waals surface area (Å²) >= 11 is 6.30. The lowest BCUT2D eigenvalue weighted by Gasteiger charge is -2.51. The molecule has 2 heterocycles. The third-order valence-electron chi connectivity index (χ3n) is 6.46. The molecule has 2 unspecified atom stereocenters. The van der Waals surface area contributed by atoms with Crippen molar-refractivity contribution >= 4 is 34.0 Å². The SMILES string of the molecule is Cc1ccc(C#CC2(C(=O)Nc3ccc4c(=O)onc(C)c4c3)CC(C)(c3c(F)cccc3Cl)O2)cc1. The zero-order valence-electron chi connectivity index (χ0n) is 20.3. The summed E-state index contributed by atoms with van der Waals surface area (Å²) in [5, 5.41) is 7.68. The minimum absolute atomic E-state index is 0.0725. The van der Waals surface area contributed by atoms with E-state index in [9.17, 15) is 14.0 Å². The van der Waals surface area contributed by atoms with Gasteiger partial charge < -0.3 is 14.6 Å². The quantitative estimate of drug-likeness (QED) is 0.355. The number of nitrogens with one attached hydrogen (secondary N) is 1. The summed E-state index contributed by atoms with van der Waals surface area (Å²) < 4.78 is 25.7. The number of aromatic nitrogens is 1. The highest BCUT2D eigenvalue weighted by Gasteiger charge is 2.59. The number of hydrogen-bond acceptors (Lipinski definition) is 5. The Balaban J connectivity index is 1.51. The molecule has 0 radical (unpaired) electrons. The maximum absolute atomic E-state index is 14.7. The van der Waals surface area contributed by atoms with Crippen LogP contribution >= 0.6 is 11.6 Å². The number of carbonyl (C=O) groups excluding carboxylic acids is 1. The van der Waals surface area contributed by atoms with E-state index in [-0.39, 0.29) is 17.0 Å². The second-order valence-electron chi connectivity index (χ2n) is 9.32. The minimum atomic E-state index is -1.57. The van der Waals surface area contributed by atoms with Gasteiger partial charge in [-0.3, -0.25) is 4.79 Å². The minimum Gasteiger partial charge on any atom is -0.342 e.